The van der Waals surface area contributed by atoms with Crippen LogP contribution in [0.2, 0.25) is 0 Å². The van der Waals surface area contributed by atoms with Gasteiger partial charge < -0.3 is 10.6 Å². The van der Waals surface area contributed by atoms with Gasteiger partial charge >= 0.3 is 0 Å². The normalized spacial score (nSPS) is 16.3. The molecule has 1 aliphatic rings. The van der Waals surface area contributed by atoms with Gasteiger partial charge in [-0.25, -0.2) is 12.7 Å². The molecular weight excluding hydrogens is 436 g/mol. The lowest BCUT2D eigenvalue weighted by atomic mass is 10.1. The summed E-state index contributed by atoms with van der Waals surface area (Å²) in [5, 5.41) is 5.34. The molecular formula is C17H25BrN4O4S. The quantitative estimate of drug-likeness (QED) is 0.628. The van der Waals surface area contributed by atoms with E-state index >= 15 is 0 Å². The van der Waals surface area contributed by atoms with E-state index in [1.807, 2.05) is 23.1 Å². The van der Waals surface area contributed by atoms with Gasteiger partial charge in [0.05, 0.1) is 25.0 Å². The average molecular weight is 461 g/mol. The first kappa shape index (κ1) is 21.8. The number of halogens is 1. The van der Waals surface area contributed by atoms with Gasteiger partial charge in [-0.3, -0.25) is 14.5 Å². The molecule has 1 aromatic carbocycles. The number of benzene rings is 1. The number of hydrogen-bond donors (Lipinski definition) is 2. The zero-order valence-corrected chi connectivity index (χ0v) is 17.8. The Morgan fingerprint density at radius 1 is 1.22 bits per heavy atom. The van der Waals surface area contributed by atoms with Crippen molar-refractivity contribution in [2.24, 2.45) is 0 Å². The van der Waals surface area contributed by atoms with Crippen molar-refractivity contribution in [3.63, 3.8) is 0 Å². The van der Waals surface area contributed by atoms with E-state index in [1.54, 1.807) is 13.1 Å². The number of likely N-dealkylation sites (tertiary alicyclic amines) is 1. The van der Waals surface area contributed by atoms with E-state index in [0.717, 1.165) is 4.47 Å². The lowest BCUT2D eigenvalue weighted by molar-refractivity contribution is -0.125. The van der Waals surface area contributed by atoms with Crippen LogP contribution in [0.5, 0.6) is 0 Å². The molecule has 1 fully saturated rings. The van der Waals surface area contributed by atoms with Crippen molar-refractivity contribution in [1.82, 2.24) is 14.5 Å². The Balaban J connectivity index is 1.71. The van der Waals surface area contributed by atoms with E-state index in [-0.39, 0.29) is 30.9 Å². The summed E-state index contributed by atoms with van der Waals surface area (Å²) < 4.78 is 25.4. The maximum Gasteiger partial charge on any atom is 0.243 e. The zero-order valence-electron chi connectivity index (χ0n) is 15.4. The lowest BCUT2D eigenvalue weighted by Crippen LogP contribution is -2.48. The van der Waals surface area contributed by atoms with Gasteiger partial charge in [0.2, 0.25) is 21.8 Å². The number of nitrogens with zero attached hydrogens (tertiary/aromatic N) is 2. The molecule has 27 heavy (non-hydrogen) atoms. The summed E-state index contributed by atoms with van der Waals surface area (Å²) >= 11 is 3.35. The zero-order chi connectivity index (χ0) is 20.0. The Kier molecular flexibility index (Phi) is 7.78. The summed E-state index contributed by atoms with van der Waals surface area (Å²) in [6.07, 6.45) is 2.56. The van der Waals surface area contributed by atoms with Crippen molar-refractivity contribution in [1.29, 1.82) is 0 Å². The summed E-state index contributed by atoms with van der Waals surface area (Å²) in [4.78, 5) is 26.0. The fourth-order valence-electron chi connectivity index (χ4n) is 2.91. The molecule has 0 atom stereocenters. The lowest BCUT2D eigenvalue weighted by Gasteiger charge is -2.35. The SMILES string of the molecule is CN(C1CCN(CC(=O)NCC(=O)Nc2ccccc2Br)CC1)S(C)(=O)=O. The highest BCUT2D eigenvalue weighted by Crippen LogP contribution is 2.21. The Morgan fingerprint density at radius 2 is 1.85 bits per heavy atom. The van der Waals surface area contributed by atoms with Gasteiger partial charge in [-0.2, -0.15) is 0 Å². The number of carbonyl (C=O) groups excluding carboxylic acids is 2. The molecule has 1 saturated heterocycles. The molecule has 0 bridgehead atoms. The van der Waals surface area contributed by atoms with Gasteiger partial charge in [0, 0.05) is 30.7 Å². The molecule has 2 N–H and O–H groups in total. The van der Waals surface area contributed by atoms with E-state index in [0.29, 0.717) is 31.6 Å². The molecule has 0 radical (unpaired) electrons. The van der Waals surface area contributed by atoms with Crippen LogP contribution in [0.1, 0.15) is 12.8 Å². The minimum atomic E-state index is -3.20. The van der Waals surface area contributed by atoms with Crippen molar-refractivity contribution in [2.45, 2.75) is 18.9 Å². The Labute approximate surface area is 168 Å². The summed E-state index contributed by atoms with van der Waals surface area (Å²) in [6, 6.07) is 7.21. The summed E-state index contributed by atoms with van der Waals surface area (Å²) in [5.74, 6) is -0.532. The van der Waals surface area contributed by atoms with E-state index in [9.17, 15) is 18.0 Å². The van der Waals surface area contributed by atoms with Crippen molar-refractivity contribution in [2.75, 3.05) is 44.8 Å². The summed E-state index contributed by atoms with van der Waals surface area (Å²) in [5.41, 5.74) is 0.647. The minimum Gasteiger partial charge on any atom is -0.346 e. The van der Waals surface area contributed by atoms with E-state index in [1.165, 1.54) is 10.6 Å². The van der Waals surface area contributed by atoms with Gasteiger partial charge in [-0.1, -0.05) is 12.1 Å². The van der Waals surface area contributed by atoms with E-state index in [4.69, 9.17) is 0 Å². The highest BCUT2D eigenvalue weighted by atomic mass is 79.9. The molecule has 0 unspecified atom stereocenters. The van der Waals surface area contributed by atoms with Crippen LogP contribution in [0.25, 0.3) is 0 Å². The van der Waals surface area contributed by atoms with Gasteiger partial charge in [0.15, 0.2) is 0 Å². The molecule has 1 aliphatic heterocycles. The number of amides is 2. The minimum absolute atomic E-state index is 0.0330. The maximum absolute atomic E-state index is 12.1. The van der Waals surface area contributed by atoms with Gasteiger partial charge in [-0.05, 0) is 40.9 Å². The third-order valence-corrected chi connectivity index (χ3v) is 6.59. The predicted octanol–water partition coefficient (Wildman–Crippen LogP) is 0.860. The molecule has 0 saturated carbocycles. The smallest absolute Gasteiger partial charge is 0.243 e. The topological polar surface area (TPSA) is 98.8 Å². The van der Waals surface area contributed by atoms with Crippen molar-refractivity contribution < 1.29 is 18.0 Å². The van der Waals surface area contributed by atoms with Gasteiger partial charge in [-0.15, -0.1) is 0 Å². The molecule has 2 rings (SSSR count). The Hall–Kier alpha value is -1.49. The van der Waals surface area contributed by atoms with Crippen LogP contribution in [0, 0.1) is 0 Å². The molecule has 1 heterocycles. The second-order valence-corrected chi connectivity index (χ2v) is 9.49. The second-order valence-electron chi connectivity index (χ2n) is 6.59. The van der Waals surface area contributed by atoms with Crippen LogP contribution in [-0.4, -0.2) is 75.0 Å². The molecule has 150 valence electrons. The second kappa shape index (κ2) is 9.63. The summed E-state index contributed by atoms with van der Waals surface area (Å²) in [6.45, 7) is 1.37. The van der Waals surface area contributed by atoms with Crippen LogP contribution in [0.4, 0.5) is 5.69 Å². The summed E-state index contributed by atoms with van der Waals surface area (Å²) in [7, 11) is -1.61. The number of anilines is 1. The number of sulfonamides is 1. The number of piperidine rings is 1. The van der Waals surface area contributed by atoms with Gasteiger partial charge in [0.1, 0.15) is 0 Å². The molecule has 0 aliphatic carbocycles. The highest BCUT2D eigenvalue weighted by molar-refractivity contribution is 9.10. The van der Waals surface area contributed by atoms with E-state index < -0.39 is 10.0 Å². The Bertz CT molecular complexity index is 779. The molecule has 0 aromatic heterocycles. The maximum atomic E-state index is 12.1. The molecule has 8 nitrogen and oxygen atoms in total. The predicted molar refractivity (Wildman–Crippen MR) is 108 cm³/mol. The van der Waals surface area contributed by atoms with Crippen LogP contribution in [-0.2, 0) is 19.6 Å². The van der Waals surface area contributed by atoms with Crippen LogP contribution in [0.3, 0.4) is 0 Å². The first-order chi connectivity index (χ1) is 12.7. The van der Waals surface area contributed by atoms with Crippen LogP contribution >= 0.6 is 15.9 Å². The van der Waals surface area contributed by atoms with Crippen LogP contribution < -0.4 is 10.6 Å². The first-order valence-corrected chi connectivity index (χ1v) is 11.3. The largest absolute Gasteiger partial charge is 0.346 e. The molecule has 1 aromatic rings. The third kappa shape index (κ3) is 6.87. The van der Waals surface area contributed by atoms with E-state index in [2.05, 4.69) is 26.6 Å². The van der Waals surface area contributed by atoms with Crippen LogP contribution in [0.15, 0.2) is 28.7 Å². The van der Waals surface area contributed by atoms with Crippen molar-refractivity contribution in [3.8, 4) is 0 Å². The first-order valence-electron chi connectivity index (χ1n) is 8.63. The highest BCUT2D eigenvalue weighted by Gasteiger charge is 2.27. The number of hydrogen-bond acceptors (Lipinski definition) is 5. The standard InChI is InChI=1S/C17H25BrN4O4S/c1-21(27(2,25)26)13-7-9-22(10-8-13)12-17(24)19-11-16(23)20-15-6-4-3-5-14(15)18/h3-6,13H,7-12H2,1-2H3,(H,19,24)(H,20,23). The molecule has 0 spiro atoms. The monoisotopic (exact) mass is 460 g/mol. The molecule has 2 amide bonds. The number of para-hydroxylation sites is 1. The Morgan fingerprint density at radius 3 is 2.44 bits per heavy atom. The fraction of sp³-hybridized carbons (Fsp3) is 0.529. The average Bonchev–Trinajstić information content (AvgIpc) is 2.61. The number of carbonyl (C=O) groups is 2. The third-order valence-electron chi connectivity index (χ3n) is 4.56. The number of rotatable bonds is 7. The van der Waals surface area contributed by atoms with Gasteiger partial charge in [0.25, 0.3) is 0 Å². The van der Waals surface area contributed by atoms with Crippen molar-refractivity contribution in [3.05, 3.63) is 28.7 Å². The fourth-order valence-corrected chi connectivity index (χ4v) is 4.04. The molecule has 10 heteroatoms. The van der Waals surface area contributed by atoms with Crippen molar-refractivity contribution >= 4 is 43.5 Å². The number of nitrogens with one attached hydrogen (secondary N) is 2.